The summed E-state index contributed by atoms with van der Waals surface area (Å²) >= 11 is 0. The first-order valence-electron chi connectivity index (χ1n) is 7.24. The molecule has 0 aliphatic carbocycles. The molecule has 110 valence electrons. The summed E-state index contributed by atoms with van der Waals surface area (Å²) in [6, 6.07) is 9.83. The maximum absolute atomic E-state index is 11.7. The van der Waals surface area contributed by atoms with E-state index in [0.29, 0.717) is 17.9 Å². The summed E-state index contributed by atoms with van der Waals surface area (Å²) in [5.41, 5.74) is 9.34. The van der Waals surface area contributed by atoms with Gasteiger partial charge in [0.15, 0.2) is 5.78 Å². The number of rotatable bonds is 3. The van der Waals surface area contributed by atoms with Crippen LogP contribution in [-0.4, -0.2) is 15.8 Å². The number of aromatic nitrogens is 2. The van der Waals surface area contributed by atoms with Crippen molar-refractivity contribution in [2.75, 3.05) is 5.73 Å². The number of carbonyl (C=O) groups is 1. The summed E-state index contributed by atoms with van der Waals surface area (Å²) in [6.07, 6.45) is 4.00. The Balaban J connectivity index is 2.07. The standard InChI is InChI=1S/C18H17N3O/c1-3-17(22)16-6-11(2)15(10-20-16)13-5-4-12-8-18(19)21-9-14(12)7-13/h4-10H,3H2,1-2H3,(H2,19,21). The Hall–Kier alpha value is -2.75. The molecule has 0 aliphatic rings. The van der Waals surface area contributed by atoms with Crippen molar-refractivity contribution in [1.82, 2.24) is 9.97 Å². The van der Waals surface area contributed by atoms with Crippen LogP contribution in [0.3, 0.4) is 0 Å². The van der Waals surface area contributed by atoms with Gasteiger partial charge in [0.25, 0.3) is 0 Å². The maximum Gasteiger partial charge on any atom is 0.180 e. The molecule has 0 saturated carbocycles. The molecule has 0 saturated heterocycles. The highest BCUT2D eigenvalue weighted by molar-refractivity contribution is 5.95. The quantitative estimate of drug-likeness (QED) is 0.746. The Kier molecular flexibility index (Phi) is 3.59. The summed E-state index contributed by atoms with van der Waals surface area (Å²) in [5, 5.41) is 2.08. The first-order chi connectivity index (χ1) is 10.6. The monoisotopic (exact) mass is 291 g/mol. The van der Waals surface area contributed by atoms with Crippen LogP contribution in [0.2, 0.25) is 0 Å². The molecule has 2 aromatic heterocycles. The third-order valence-corrected chi connectivity index (χ3v) is 3.77. The van der Waals surface area contributed by atoms with Gasteiger partial charge in [0.2, 0.25) is 0 Å². The number of nitrogens with two attached hydrogens (primary N) is 1. The van der Waals surface area contributed by atoms with Crippen molar-refractivity contribution in [3.8, 4) is 11.1 Å². The lowest BCUT2D eigenvalue weighted by atomic mass is 9.99. The molecule has 0 bridgehead atoms. The van der Waals surface area contributed by atoms with Crippen molar-refractivity contribution < 1.29 is 4.79 Å². The van der Waals surface area contributed by atoms with Gasteiger partial charge in [0, 0.05) is 29.8 Å². The van der Waals surface area contributed by atoms with E-state index < -0.39 is 0 Å². The van der Waals surface area contributed by atoms with Crippen LogP contribution in [-0.2, 0) is 0 Å². The zero-order valence-electron chi connectivity index (χ0n) is 12.6. The summed E-state index contributed by atoms with van der Waals surface area (Å²) in [5.74, 6) is 0.577. The second-order valence-corrected chi connectivity index (χ2v) is 5.33. The third kappa shape index (κ3) is 2.55. The molecule has 3 aromatic rings. The van der Waals surface area contributed by atoms with E-state index in [1.54, 1.807) is 12.4 Å². The number of hydrogen-bond donors (Lipinski definition) is 1. The second-order valence-electron chi connectivity index (χ2n) is 5.33. The van der Waals surface area contributed by atoms with E-state index in [1.165, 1.54) is 0 Å². The molecule has 2 heterocycles. The van der Waals surface area contributed by atoms with Gasteiger partial charge in [-0.25, -0.2) is 4.98 Å². The maximum atomic E-state index is 11.7. The van der Waals surface area contributed by atoms with E-state index in [2.05, 4.69) is 16.0 Å². The molecule has 0 radical (unpaired) electrons. The summed E-state index contributed by atoms with van der Waals surface area (Å²) in [6.45, 7) is 3.84. The molecule has 22 heavy (non-hydrogen) atoms. The predicted octanol–water partition coefficient (Wildman–Crippen LogP) is 3.78. The highest BCUT2D eigenvalue weighted by Crippen LogP contribution is 2.27. The van der Waals surface area contributed by atoms with Crippen LogP contribution < -0.4 is 5.73 Å². The summed E-state index contributed by atoms with van der Waals surface area (Å²) in [4.78, 5) is 20.2. The summed E-state index contributed by atoms with van der Waals surface area (Å²) in [7, 11) is 0. The van der Waals surface area contributed by atoms with Crippen LogP contribution in [0.4, 0.5) is 5.82 Å². The van der Waals surface area contributed by atoms with E-state index >= 15 is 0 Å². The van der Waals surface area contributed by atoms with Crippen LogP contribution >= 0.6 is 0 Å². The van der Waals surface area contributed by atoms with Gasteiger partial charge >= 0.3 is 0 Å². The molecule has 0 amide bonds. The van der Waals surface area contributed by atoms with Gasteiger partial charge < -0.3 is 5.73 Å². The van der Waals surface area contributed by atoms with E-state index in [4.69, 9.17) is 5.73 Å². The van der Waals surface area contributed by atoms with E-state index in [0.717, 1.165) is 27.5 Å². The number of Topliss-reactive ketones (excluding diaryl/α,β-unsaturated/α-hetero) is 1. The smallest absolute Gasteiger partial charge is 0.180 e. The average Bonchev–Trinajstić information content (AvgIpc) is 2.53. The Labute approximate surface area is 129 Å². The fourth-order valence-electron chi connectivity index (χ4n) is 2.52. The SMILES string of the molecule is CCC(=O)c1cc(C)c(-c2ccc3cc(N)ncc3c2)cn1. The molecule has 4 nitrogen and oxygen atoms in total. The molecule has 1 aromatic carbocycles. The number of nitrogen functional groups attached to an aromatic ring is 1. The number of carbonyl (C=O) groups excluding carboxylic acids is 1. The lowest BCUT2D eigenvalue weighted by molar-refractivity contribution is 0.0983. The van der Waals surface area contributed by atoms with Crippen LogP contribution in [0.1, 0.15) is 29.4 Å². The Morgan fingerprint density at radius 1 is 1.09 bits per heavy atom. The van der Waals surface area contributed by atoms with E-state index in [9.17, 15) is 4.79 Å². The predicted molar refractivity (Wildman–Crippen MR) is 88.7 cm³/mol. The first kappa shape index (κ1) is 14.2. The van der Waals surface area contributed by atoms with Crippen molar-refractivity contribution in [3.05, 3.63) is 54.0 Å². The number of pyridine rings is 2. The topological polar surface area (TPSA) is 68.9 Å². The minimum atomic E-state index is 0.0628. The first-order valence-corrected chi connectivity index (χ1v) is 7.24. The van der Waals surface area contributed by atoms with Crippen LogP contribution in [0.15, 0.2) is 42.7 Å². The summed E-state index contributed by atoms with van der Waals surface area (Å²) < 4.78 is 0. The van der Waals surface area contributed by atoms with Gasteiger partial charge in [-0.3, -0.25) is 9.78 Å². The molecule has 2 N–H and O–H groups in total. The van der Waals surface area contributed by atoms with Gasteiger partial charge in [0.05, 0.1) is 0 Å². The number of ketones is 1. The van der Waals surface area contributed by atoms with Crippen molar-refractivity contribution >= 4 is 22.4 Å². The van der Waals surface area contributed by atoms with Crippen molar-refractivity contribution in [2.45, 2.75) is 20.3 Å². The molecule has 0 unspecified atom stereocenters. The highest BCUT2D eigenvalue weighted by Gasteiger charge is 2.09. The molecule has 0 spiro atoms. The van der Waals surface area contributed by atoms with Gasteiger partial charge in [-0.1, -0.05) is 19.1 Å². The van der Waals surface area contributed by atoms with Crippen LogP contribution in [0.25, 0.3) is 21.9 Å². The van der Waals surface area contributed by atoms with Crippen LogP contribution in [0, 0.1) is 6.92 Å². The van der Waals surface area contributed by atoms with E-state index in [-0.39, 0.29) is 5.78 Å². The highest BCUT2D eigenvalue weighted by atomic mass is 16.1. The zero-order valence-corrected chi connectivity index (χ0v) is 12.6. The Morgan fingerprint density at radius 2 is 1.91 bits per heavy atom. The number of aryl methyl sites for hydroxylation is 1. The van der Waals surface area contributed by atoms with E-state index in [1.807, 2.05) is 38.1 Å². The molecule has 3 rings (SSSR count). The fourth-order valence-corrected chi connectivity index (χ4v) is 2.52. The van der Waals surface area contributed by atoms with Gasteiger partial charge in [-0.15, -0.1) is 0 Å². The van der Waals surface area contributed by atoms with Gasteiger partial charge in [-0.2, -0.15) is 0 Å². The fraction of sp³-hybridized carbons (Fsp3) is 0.167. The second kappa shape index (κ2) is 5.56. The number of hydrogen-bond acceptors (Lipinski definition) is 4. The average molecular weight is 291 g/mol. The van der Waals surface area contributed by atoms with Crippen molar-refractivity contribution in [2.24, 2.45) is 0 Å². The molecule has 0 atom stereocenters. The number of nitrogens with zero attached hydrogens (tertiary/aromatic N) is 2. The molecule has 4 heteroatoms. The van der Waals surface area contributed by atoms with Gasteiger partial charge in [-0.05, 0) is 41.6 Å². The zero-order chi connectivity index (χ0) is 15.7. The molecular weight excluding hydrogens is 274 g/mol. The number of fused-ring (bicyclic) bond motifs is 1. The lowest BCUT2D eigenvalue weighted by Crippen LogP contribution is -2.01. The number of benzene rings is 1. The van der Waals surface area contributed by atoms with Gasteiger partial charge in [0.1, 0.15) is 11.5 Å². The minimum absolute atomic E-state index is 0.0628. The molecular formula is C18H17N3O. The van der Waals surface area contributed by atoms with Crippen LogP contribution in [0.5, 0.6) is 0 Å². The third-order valence-electron chi connectivity index (χ3n) is 3.77. The minimum Gasteiger partial charge on any atom is -0.384 e. The van der Waals surface area contributed by atoms with Crippen molar-refractivity contribution in [3.63, 3.8) is 0 Å². The molecule has 0 fully saturated rings. The Bertz CT molecular complexity index is 871. The largest absolute Gasteiger partial charge is 0.384 e. The Morgan fingerprint density at radius 3 is 2.64 bits per heavy atom. The molecule has 0 aliphatic heterocycles. The normalized spacial score (nSPS) is 10.8. The lowest BCUT2D eigenvalue weighted by Gasteiger charge is -2.09. The van der Waals surface area contributed by atoms with Crippen molar-refractivity contribution in [1.29, 1.82) is 0 Å². The number of anilines is 1.